The summed E-state index contributed by atoms with van der Waals surface area (Å²) in [6.07, 6.45) is 2.07. The molecule has 0 aliphatic heterocycles. The third kappa shape index (κ3) is 9.84. The highest BCUT2D eigenvalue weighted by Gasteiger charge is 1.93. The molecule has 0 atom stereocenters. The number of rotatable bonds is 6. The summed E-state index contributed by atoms with van der Waals surface area (Å²) in [5, 5.41) is 9.31. The van der Waals surface area contributed by atoms with Gasteiger partial charge in [0.25, 0.3) is 0 Å². The normalized spacial score (nSPS) is 11.5. The van der Waals surface area contributed by atoms with Crippen molar-refractivity contribution in [1.29, 1.82) is 0 Å². The second-order valence-electron chi connectivity index (χ2n) is 2.81. The Balaban J connectivity index is 2.91. The minimum absolute atomic E-state index is 0.584. The van der Waals surface area contributed by atoms with Gasteiger partial charge in [0.1, 0.15) is 0 Å². The van der Waals surface area contributed by atoms with Gasteiger partial charge in [-0.05, 0) is 33.5 Å². The lowest BCUT2D eigenvalue weighted by Crippen LogP contribution is -2.16. The topological polar surface area (TPSA) is 35.9 Å². The van der Waals surface area contributed by atoms with Crippen LogP contribution in [0.5, 0.6) is 0 Å². The van der Waals surface area contributed by atoms with E-state index in [1.54, 1.807) is 0 Å². The van der Waals surface area contributed by atoms with Crippen LogP contribution in [0.1, 0.15) is 12.8 Å². The zero-order valence-corrected chi connectivity index (χ0v) is 7.58. The fourth-order valence-corrected chi connectivity index (χ4v) is 0.727. The van der Waals surface area contributed by atoms with Crippen LogP contribution in [-0.4, -0.2) is 49.6 Å². The maximum Gasteiger partial charge on any atom is 0.0712 e. The summed E-state index contributed by atoms with van der Waals surface area (Å²) in [5.41, 5.74) is 0. The Bertz CT molecular complexity index is 76.5. The molecule has 0 heterocycles. The molecule has 0 aliphatic carbocycles. The van der Waals surface area contributed by atoms with Crippen LogP contribution in [0.4, 0.5) is 0 Å². The molecule has 1 N–H and O–H groups in total. The fraction of sp³-hybridized carbons (Fsp3) is 1.00. The highest BCUT2D eigenvalue weighted by molar-refractivity contribution is 4.43. The summed E-state index contributed by atoms with van der Waals surface area (Å²) < 4.78 is 0. The SMILES string of the molecule is CN(C)CCCCON(C)O. The van der Waals surface area contributed by atoms with Crippen molar-refractivity contribution in [2.45, 2.75) is 12.8 Å². The highest BCUT2D eigenvalue weighted by atomic mass is 16.9. The number of hydroxylamine groups is 2. The van der Waals surface area contributed by atoms with Crippen molar-refractivity contribution in [3.8, 4) is 0 Å². The van der Waals surface area contributed by atoms with Crippen LogP contribution in [0, 0.1) is 0 Å². The van der Waals surface area contributed by atoms with Gasteiger partial charge in [-0.1, -0.05) is 5.23 Å². The second-order valence-corrected chi connectivity index (χ2v) is 2.81. The first-order valence-electron chi connectivity index (χ1n) is 3.83. The van der Waals surface area contributed by atoms with Crippen molar-refractivity contribution in [2.75, 3.05) is 34.3 Å². The monoisotopic (exact) mass is 162 g/mol. The molecule has 0 saturated heterocycles. The third-order valence-corrected chi connectivity index (χ3v) is 1.28. The Morgan fingerprint density at radius 3 is 2.27 bits per heavy atom. The molecular formula is C7H18N2O2. The quantitative estimate of drug-likeness (QED) is 0.458. The molecule has 0 aromatic carbocycles. The van der Waals surface area contributed by atoms with E-state index >= 15 is 0 Å². The van der Waals surface area contributed by atoms with E-state index in [4.69, 9.17) is 10.0 Å². The number of unbranched alkanes of at least 4 members (excludes halogenated alkanes) is 1. The van der Waals surface area contributed by atoms with Crippen LogP contribution in [-0.2, 0) is 4.84 Å². The largest absolute Gasteiger partial charge is 0.309 e. The molecule has 0 spiro atoms. The van der Waals surface area contributed by atoms with Crippen molar-refractivity contribution in [3.63, 3.8) is 0 Å². The molecule has 0 aromatic heterocycles. The van der Waals surface area contributed by atoms with Crippen molar-refractivity contribution in [2.24, 2.45) is 0 Å². The lowest BCUT2D eigenvalue weighted by molar-refractivity contribution is -0.323. The molecule has 0 saturated carbocycles. The molecule has 4 nitrogen and oxygen atoms in total. The van der Waals surface area contributed by atoms with Crippen LogP contribution in [0.15, 0.2) is 0 Å². The predicted molar refractivity (Wildman–Crippen MR) is 43.3 cm³/mol. The maximum atomic E-state index is 8.56. The zero-order valence-electron chi connectivity index (χ0n) is 7.58. The van der Waals surface area contributed by atoms with E-state index in [1.807, 2.05) is 14.1 Å². The van der Waals surface area contributed by atoms with Gasteiger partial charge in [-0.2, -0.15) is 0 Å². The number of hydrogen-bond donors (Lipinski definition) is 1. The lowest BCUT2D eigenvalue weighted by Gasteiger charge is -2.10. The Kier molecular flexibility index (Phi) is 6.45. The van der Waals surface area contributed by atoms with Gasteiger partial charge >= 0.3 is 0 Å². The van der Waals surface area contributed by atoms with Crippen LogP contribution >= 0.6 is 0 Å². The molecule has 0 amide bonds. The maximum absolute atomic E-state index is 8.56. The van der Waals surface area contributed by atoms with Crippen LogP contribution < -0.4 is 0 Å². The summed E-state index contributed by atoms with van der Waals surface area (Å²) >= 11 is 0. The van der Waals surface area contributed by atoms with Crippen LogP contribution in [0.3, 0.4) is 0 Å². The lowest BCUT2D eigenvalue weighted by atomic mass is 10.3. The third-order valence-electron chi connectivity index (χ3n) is 1.28. The smallest absolute Gasteiger partial charge is 0.0712 e. The average Bonchev–Trinajstić information content (AvgIpc) is 1.85. The van der Waals surface area contributed by atoms with E-state index in [0.29, 0.717) is 6.61 Å². The molecule has 0 fully saturated rings. The molecule has 0 aliphatic rings. The summed E-state index contributed by atoms with van der Waals surface area (Å²) in [5.74, 6) is 0. The molecule has 68 valence electrons. The molecule has 4 heteroatoms. The van der Waals surface area contributed by atoms with Gasteiger partial charge < -0.3 is 4.90 Å². The fourth-order valence-electron chi connectivity index (χ4n) is 0.727. The van der Waals surface area contributed by atoms with E-state index in [2.05, 4.69) is 4.90 Å². The van der Waals surface area contributed by atoms with E-state index in [1.165, 1.54) is 7.05 Å². The average molecular weight is 162 g/mol. The summed E-state index contributed by atoms with van der Waals surface area (Å²) in [4.78, 5) is 6.92. The van der Waals surface area contributed by atoms with Gasteiger partial charge in [0.05, 0.1) is 6.61 Å². The minimum atomic E-state index is 0.584. The second kappa shape index (κ2) is 6.54. The molecular weight excluding hydrogens is 144 g/mol. The summed E-state index contributed by atoms with van der Waals surface area (Å²) in [6.45, 7) is 1.65. The number of nitrogens with zero attached hydrogens (tertiary/aromatic N) is 2. The van der Waals surface area contributed by atoms with Crippen LogP contribution in [0.2, 0.25) is 0 Å². The van der Waals surface area contributed by atoms with Crippen molar-refractivity contribution in [1.82, 2.24) is 10.1 Å². The van der Waals surface area contributed by atoms with Gasteiger partial charge in [0.15, 0.2) is 0 Å². The summed E-state index contributed by atoms with van der Waals surface area (Å²) in [7, 11) is 5.55. The van der Waals surface area contributed by atoms with E-state index in [0.717, 1.165) is 24.6 Å². The molecule has 0 rings (SSSR count). The molecule has 11 heavy (non-hydrogen) atoms. The van der Waals surface area contributed by atoms with Crippen molar-refractivity contribution < 1.29 is 10.0 Å². The number of hydrogen-bond acceptors (Lipinski definition) is 4. The zero-order chi connectivity index (χ0) is 8.69. The van der Waals surface area contributed by atoms with E-state index in [9.17, 15) is 0 Å². The molecule has 0 unspecified atom stereocenters. The van der Waals surface area contributed by atoms with E-state index in [-0.39, 0.29) is 0 Å². The molecule has 0 bridgehead atoms. The first-order chi connectivity index (χ1) is 5.13. The van der Waals surface area contributed by atoms with E-state index < -0.39 is 0 Å². The predicted octanol–water partition coefficient (Wildman–Crippen LogP) is 0.581. The minimum Gasteiger partial charge on any atom is -0.309 e. The van der Waals surface area contributed by atoms with Gasteiger partial charge in [0, 0.05) is 7.05 Å². The van der Waals surface area contributed by atoms with Gasteiger partial charge in [-0.15, -0.1) is 0 Å². The first-order valence-corrected chi connectivity index (χ1v) is 3.83. The Hall–Kier alpha value is -0.160. The summed E-state index contributed by atoms with van der Waals surface area (Å²) in [6, 6.07) is 0. The van der Waals surface area contributed by atoms with Gasteiger partial charge in [-0.3, -0.25) is 10.0 Å². The van der Waals surface area contributed by atoms with Crippen molar-refractivity contribution in [3.05, 3.63) is 0 Å². The molecule has 0 radical (unpaired) electrons. The van der Waals surface area contributed by atoms with Gasteiger partial charge in [0.2, 0.25) is 0 Å². The standard InChI is InChI=1S/C7H18N2O2/c1-8(2)6-4-5-7-11-9(3)10/h10H,4-7H2,1-3H3. The Morgan fingerprint density at radius 2 is 1.82 bits per heavy atom. The van der Waals surface area contributed by atoms with Crippen LogP contribution in [0.25, 0.3) is 0 Å². The molecule has 0 aromatic rings. The first kappa shape index (κ1) is 10.8. The highest BCUT2D eigenvalue weighted by Crippen LogP contribution is 1.91. The van der Waals surface area contributed by atoms with Crippen molar-refractivity contribution >= 4 is 0 Å². The van der Waals surface area contributed by atoms with Gasteiger partial charge in [-0.25, -0.2) is 0 Å². The Morgan fingerprint density at radius 1 is 1.18 bits per heavy atom. The Labute approximate surface area is 68.3 Å².